The number of halogens is 1. The van der Waals surface area contributed by atoms with Crippen molar-refractivity contribution in [2.24, 2.45) is 5.92 Å². The van der Waals surface area contributed by atoms with E-state index in [9.17, 15) is 4.79 Å². The second-order valence-corrected chi connectivity index (χ2v) is 8.10. The fraction of sp³-hybridized carbons (Fsp3) is 0.350. The molecule has 1 heterocycles. The van der Waals surface area contributed by atoms with Crippen molar-refractivity contribution in [3.05, 3.63) is 56.2 Å². The summed E-state index contributed by atoms with van der Waals surface area (Å²) in [6.45, 7) is 7.07. The van der Waals surface area contributed by atoms with Gasteiger partial charge >= 0.3 is 0 Å². The van der Waals surface area contributed by atoms with E-state index in [0.29, 0.717) is 12.5 Å². The molecule has 0 saturated carbocycles. The molecule has 0 aliphatic carbocycles. The average molecular weight is 407 g/mol. The molecule has 0 spiro atoms. The van der Waals surface area contributed by atoms with E-state index in [-0.39, 0.29) is 5.78 Å². The molecule has 2 rings (SSSR count). The van der Waals surface area contributed by atoms with Gasteiger partial charge in [0.05, 0.1) is 11.5 Å². The summed E-state index contributed by atoms with van der Waals surface area (Å²) < 4.78 is 6.76. The quantitative estimate of drug-likeness (QED) is 0.374. The number of benzene rings is 1. The van der Waals surface area contributed by atoms with E-state index >= 15 is 0 Å². The van der Waals surface area contributed by atoms with Gasteiger partial charge in [-0.2, -0.15) is 0 Å². The van der Waals surface area contributed by atoms with Crippen molar-refractivity contribution in [3.8, 4) is 5.75 Å². The maximum atomic E-state index is 12.4. The van der Waals surface area contributed by atoms with Gasteiger partial charge in [0.15, 0.2) is 5.78 Å². The van der Waals surface area contributed by atoms with E-state index in [2.05, 4.69) is 36.7 Å². The second-order valence-electron chi connectivity index (χ2n) is 6.11. The number of aryl methyl sites for hydroxylation is 1. The normalized spacial score (nSPS) is 11.4. The minimum Gasteiger partial charge on any atom is -0.493 e. The van der Waals surface area contributed by atoms with Gasteiger partial charge in [-0.3, -0.25) is 4.79 Å². The molecular formula is C20H23BrO2S. The third kappa shape index (κ3) is 5.60. The largest absolute Gasteiger partial charge is 0.493 e. The first-order chi connectivity index (χ1) is 11.5. The Hall–Kier alpha value is -1.39. The first-order valence-corrected chi connectivity index (χ1v) is 9.84. The van der Waals surface area contributed by atoms with Crippen molar-refractivity contribution in [2.45, 2.75) is 33.6 Å². The van der Waals surface area contributed by atoms with Crippen LogP contribution in [0.3, 0.4) is 0 Å². The topological polar surface area (TPSA) is 26.3 Å². The molecule has 4 heteroatoms. The third-order valence-corrected chi connectivity index (χ3v) is 5.53. The van der Waals surface area contributed by atoms with Crippen LogP contribution in [0.4, 0.5) is 0 Å². The van der Waals surface area contributed by atoms with Crippen molar-refractivity contribution >= 4 is 39.1 Å². The Morgan fingerprint density at radius 2 is 2.12 bits per heavy atom. The Morgan fingerprint density at radius 3 is 2.83 bits per heavy atom. The summed E-state index contributed by atoms with van der Waals surface area (Å²) in [7, 11) is 0. The predicted octanol–water partition coefficient (Wildman–Crippen LogP) is 6.39. The maximum absolute atomic E-state index is 12.4. The van der Waals surface area contributed by atoms with E-state index in [1.165, 1.54) is 4.88 Å². The fourth-order valence-electron chi connectivity index (χ4n) is 2.15. The minimum absolute atomic E-state index is 0.0385. The number of thiophene rings is 1. The summed E-state index contributed by atoms with van der Waals surface area (Å²) in [6, 6.07) is 9.73. The molecule has 0 saturated heterocycles. The van der Waals surface area contributed by atoms with Gasteiger partial charge in [-0.1, -0.05) is 45.4 Å². The lowest BCUT2D eigenvalue weighted by Crippen LogP contribution is -2.04. The highest BCUT2D eigenvalue weighted by molar-refractivity contribution is 9.10. The van der Waals surface area contributed by atoms with E-state index < -0.39 is 0 Å². The standard InChI is InChI=1S/C20H23BrO2S/c1-4-6-19-17(21)12-20(24-19)18(22)10-9-15-7-5-8-16(11-15)23-13-14(2)3/h5,7-12,14H,4,6,13H2,1-3H3/b10-9+. The van der Waals surface area contributed by atoms with Crippen LogP contribution in [0.2, 0.25) is 0 Å². The molecular weight excluding hydrogens is 384 g/mol. The highest BCUT2D eigenvalue weighted by Crippen LogP contribution is 2.29. The lowest BCUT2D eigenvalue weighted by molar-refractivity contribution is 0.105. The lowest BCUT2D eigenvalue weighted by Gasteiger charge is -2.08. The van der Waals surface area contributed by atoms with Gasteiger partial charge in [-0.15, -0.1) is 11.3 Å². The molecule has 0 N–H and O–H groups in total. The summed E-state index contributed by atoms with van der Waals surface area (Å²) >= 11 is 5.11. The number of ketones is 1. The van der Waals surface area contributed by atoms with Crippen molar-refractivity contribution in [2.75, 3.05) is 6.61 Å². The van der Waals surface area contributed by atoms with Crippen molar-refractivity contribution < 1.29 is 9.53 Å². The summed E-state index contributed by atoms with van der Waals surface area (Å²) in [5, 5.41) is 0. The van der Waals surface area contributed by atoms with Crippen LogP contribution in [-0.4, -0.2) is 12.4 Å². The first-order valence-electron chi connectivity index (χ1n) is 8.23. The highest BCUT2D eigenvalue weighted by atomic mass is 79.9. The molecule has 1 aromatic heterocycles. The Morgan fingerprint density at radius 1 is 1.33 bits per heavy atom. The molecule has 0 bridgehead atoms. The van der Waals surface area contributed by atoms with Gasteiger partial charge in [-0.25, -0.2) is 0 Å². The van der Waals surface area contributed by atoms with E-state index in [0.717, 1.165) is 33.5 Å². The zero-order valence-electron chi connectivity index (χ0n) is 14.3. The van der Waals surface area contributed by atoms with Crippen LogP contribution in [-0.2, 0) is 6.42 Å². The molecule has 2 nitrogen and oxygen atoms in total. The van der Waals surface area contributed by atoms with Crippen LogP contribution in [0.15, 0.2) is 40.9 Å². The van der Waals surface area contributed by atoms with E-state index in [1.54, 1.807) is 17.4 Å². The van der Waals surface area contributed by atoms with E-state index in [1.807, 2.05) is 36.4 Å². The monoisotopic (exact) mass is 406 g/mol. The van der Waals surface area contributed by atoms with Crippen LogP contribution in [0.5, 0.6) is 5.75 Å². The molecule has 0 atom stereocenters. The number of ether oxygens (including phenoxy) is 1. The molecule has 0 aliphatic rings. The zero-order chi connectivity index (χ0) is 17.5. The molecule has 0 aliphatic heterocycles. The van der Waals surface area contributed by atoms with Crippen molar-refractivity contribution in [1.82, 2.24) is 0 Å². The maximum Gasteiger partial charge on any atom is 0.195 e. The predicted molar refractivity (Wildman–Crippen MR) is 106 cm³/mol. The Balaban J connectivity index is 2.05. The average Bonchev–Trinajstić information content (AvgIpc) is 2.92. The summed E-state index contributed by atoms with van der Waals surface area (Å²) in [5.74, 6) is 1.36. The molecule has 1 aromatic carbocycles. The molecule has 0 amide bonds. The van der Waals surface area contributed by atoms with Crippen LogP contribution >= 0.6 is 27.3 Å². The fourth-order valence-corrected chi connectivity index (χ4v) is 4.05. The van der Waals surface area contributed by atoms with Crippen LogP contribution in [0.25, 0.3) is 6.08 Å². The zero-order valence-corrected chi connectivity index (χ0v) is 16.7. The molecule has 2 aromatic rings. The van der Waals surface area contributed by atoms with Gasteiger partial charge in [0.2, 0.25) is 0 Å². The molecule has 24 heavy (non-hydrogen) atoms. The number of hydrogen-bond donors (Lipinski definition) is 0. The molecule has 0 fully saturated rings. The SMILES string of the molecule is CCCc1sc(C(=O)/C=C/c2cccc(OCC(C)C)c2)cc1Br. The van der Waals surface area contributed by atoms with Gasteiger partial charge in [0.25, 0.3) is 0 Å². The lowest BCUT2D eigenvalue weighted by atomic mass is 10.1. The van der Waals surface area contributed by atoms with Crippen LogP contribution in [0.1, 0.15) is 47.3 Å². The number of hydrogen-bond acceptors (Lipinski definition) is 3. The number of carbonyl (C=O) groups excluding carboxylic acids is 1. The molecule has 128 valence electrons. The summed E-state index contributed by atoms with van der Waals surface area (Å²) in [6.07, 6.45) is 5.55. The second kappa shape index (κ2) is 9.19. The summed E-state index contributed by atoms with van der Waals surface area (Å²) in [5.41, 5.74) is 0.967. The van der Waals surface area contributed by atoms with Crippen LogP contribution in [0, 0.1) is 5.92 Å². The van der Waals surface area contributed by atoms with Gasteiger partial charge in [-0.05, 0) is 58.1 Å². The molecule has 0 unspecified atom stereocenters. The van der Waals surface area contributed by atoms with Gasteiger partial charge in [0, 0.05) is 9.35 Å². The van der Waals surface area contributed by atoms with Crippen molar-refractivity contribution in [3.63, 3.8) is 0 Å². The Kier molecular flexibility index (Phi) is 7.25. The van der Waals surface area contributed by atoms with Crippen molar-refractivity contribution in [1.29, 1.82) is 0 Å². The van der Waals surface area contributed by atoms with Gasteiger partial charge in [0.1, 0.15) is 5.75 Å². The highest BCUT2D eigenvalue weighted by Gasteiger charge is 2.10. The Bertz CT molecular complexity index is 716. The summed E-state index contributed by atoms with van der Waals surface area (Å²) in [4.78, 5) is 14.4. The minimum atomic E-state index is 0.0385. The number of carbonyl (C=O) groups is 1. The number of rotatable bonds is 8. The Labute approximate surface area is 156 Å². The molecule has 0 radical (unpaired) electrons. The van der Waals surface area contributed by atoms with Gasteiger partial charge < -0.3 is 4.74 Å². The smallest absolute Gasteiger partial charge is 0.195 e. The first kappa shape index (κ1) is 18.9. The van der Waals surface area contributed by atoms with E-state index in [4.69, 9.17) is 4.74 Å². The third-order valence-electron chi connectivity index (χ3n) is 3.35. The number of allylic oxidation sites excluding steroid dienone is 1. The van der Waals surface area contributed by atoms with Crippen LogP contribution < -0.4 is 4.74 Å².